The zero-order valence-corrected chi connectivity index (χ0v) is 16.7. The van der Waals surface area contributed by atoms with Crippen LogP contribution in [0.3, 0.4) is 0 Å². The number of nitrogens with zero attached hydrogens (tertiary/aromatic N) is 3. The van der Waals surface area contributed by atoms with E-state index in [1.54, 1.807) is 0 Å². The van der Waals surface area contributed by atoms with Gasteiger partial charge in [-0.15, -0.1) is 0 Å². The zero-order chi connectivity index (χ0) is 18.9. The summed E-state index contributed by atoms with van der Waals surface area (Å²) in [7, 11) is 0. The molecule has 27 heavy (non-hydrogen) atoms. The van der Waals surface area contributed by atoms with Crippen molar-refractivity contribution in [1.29, 1.82) is 0 Å². The number of hydrogen-bond donors (Lipinski definition) is 2. The van der Waals surface area contributed by atoms with Gasteiger partial charge in [0.1, 0.15) is 0 Å². The first-order valence-corrected chi connectivity index (χ1v) is 10.3. The number of likely N-dealkylation sites (tertiary alicyclic amines) is 1. The summed E-state index contributed by atoms with van der Waals surface area (Å²) in [4.78, 5) is 11.9. The molecule has 3 rings (SSSR count). The van der Waals surface area contributed by atoms with Gasteiger partial charge in [0, 0.05) is 24.7 Å². The van der Waals surface area contributed by atoms with E-state index in [4.69, 9.17) is 4.99 Å². The highest BCUT2D eigenvalue weighted by Crippen LogP contribution is 2.17. The molecule has 5 heteroatoms. The smallest absolute Gasteiger partial charge is 0.191 e. The highest BCUT2D eigenvalue weighted by atomic mass is 15.2. The van der Waals surface area contributed by atoms with Crippen LogP contribution in [0.1, 0.15) is 38.8 Å². The summed E-state index contributed by atoms with van der Waals surface area (Å²) in [6, 6.07) is 10.4. The van der Waals surface area contributed by atoms with Gasteiger partial charge in [-0.2, -0.15) is 0 Å². The summed E-state index contributed by atoms with van der Waals surface area (Å²) >= 11 is 0. The molecule has 1 saturated heterocycles. The highest BCUT2D eigenvalue weighted by Gasteiger charge is 2.14. The van der Waals surface area contributed by atoms with Crippen molar-refractivity contribution in [3.8, 4) is 0 Å². The number of hydrogen-bond acceptors (Lipinski definition) is 3. The van der Waals surface area contributed by atoms with Crippen LogP contribution in [-0.4, -0.2) is 48.6 Å². The topological polar surface area (TPSA) is 52.6 Å². The minimum absolute atomic E-state index is 0.584. The number of nitrogens with one attached hydrogen (secondary N) is 2. The molecule has 2 heterocycles. The van der Waals surface area contributed by atoms with E-state index in [9.17, 15) is 0 Å². The summed E-state index contributed by atoms with van der Waals surface area (Å²) in [6.07, 6.45) is 5.70. The van der Waals surface area contributed by atoms with Crippen molar-refractivity contribution in [2.75, 3.05) is 32.7 Å². The molecule has 0 saturated carbocycles. The summed E-state index contributed by atoms with van der Waals surface area (Å²) < 4.78 is 0. The van der Waals surface area contributed by atoms with Crippen LogP contribution in [-0.2, 0) is 6.54 Å². The molecular formula is C22H33N5. The predicted molar refractivity (Wildman–Crippen MR) is 114 cm³/mol. The molecule has 0 unspecified atom stereocenters. The maximum absolute atomic E-state index is 4.75. The van der Waals surface area contributed by atoms with Gasteiger partial charge in [0.25, 0.3) is 0 Å². The van der Waals surface area contributed by atoms with E-state index in [1.165, 1.54) is 43.2 Å². The van der Waals surface area contributed by atoms with Crippen molar-refractivity contribution in [1.82, 2.24) is 20.5 Å². The monoisotopic (exact) mass is 367 g/mol. The quantitative estimate of drug-likeness (QED) is 0.447. The molecule has 0 atom stereocenters. The van der Waals surface area contributed by atoms with Crippen LogP contribution in [0.4, 0.5) is 0 Å². The van der Waals surface area contributed by atoms with Gasteiger partial charge in [-0.25, -0.2) is 4.99 Å². The Morgan fingerprint density at radius 1 is 1.19 bits per heavy atom. The third kappa shape index (κ3) is 5.93. The Bertz CT molecular complexity index is 729. The average molecular weight is 368 g/mol. The molecule has 0 amide bonds. The lowest BCUT2D eigenvalue weighted by Crippen LogP contribution is -2.39. The van der Waals surface area contributed by atoms with Gasteiger partial charge in [0.2, 0.25) is 0 Å². The summed E-state index contributed by atoms with van der Waals surface area (Å²) in [6.45, 7) is 10.5. The molecule has 1 aromatic heterocycles. The van der Waals surface area contributed by atoms with Gasteiger partial charge in [-0.05, 0) is 63.2 Å². The van der Waals surface area contributed by atoms with E-state index >= 15 is 0 Å². The summed E-state index contributed by atoms with van der Waals surface area (Å²) in [5.74, 6) is 1.77. The van der Waals surface area contributed by atoms with E-state index in [-0.39, 0.29) is 0 Å². The molecule has 1 aliphatic heterocycles. The second-order valence-corrected chi connectivity index (χ2v) is 7.48. The molecule has 146 valence electrons. The van der Waals surface area contributed by atoms with Crippen LogP contribution in [0.15, 0.2) is 41.5 Å². The predicted octanol–water partition coefficient (Wildman–Crippen LogP) is 3.41. The molecule has 0 aliphatic carbocycles. The maximum atomic E-state index is 4.75. The largest absolute Gasteiger partial charge is 0.357 e. The Labute approximate surface area is 163 Å². The number of fused-ring (bicyclic) bond motifs is 1. The zero-order valence-electron chi connectivity index (χ0n) is 16.7. The number of aromatic nitrogens is 1. The van der Waals surface area contributed by atoms with Gasteiger partial charge >= 0.3 is 0 Å². The Balaban J connectivity index is 1.50. The van der Waals surface area contributed by atoms with E-state index in [0.29, 0.717) is 6.54 Å². The first-order valence-electron chi connectivity index (χ1n) is 10.3. The van der Waals surface area contributed by atoms with Crippen molar-refractivity contribution in [3.63, 3.8) is 0 Å². The van der Waals surface area contributed by atoms with Crippen LogP contribution < -0.4 is 10.6 Å². The number of rotatable bonds is 7. The minimum atomic E-state index is 0.584. The number of piperidine rings is 1. The fraction of sp³-hybridized carbons (Fsp3) is 0.545. The first-order chi connectivity index (χ1) is 13.3. The van der Waals surface area contributed by atoms with Gasteiger partial charge in [-0.1, -0.05) is 31.2 Å². The van der Waals surface area contributed by atoms with Gasteiger partial charge in [-0.3, -0.25) is 4.98 Å². The first kappa shape index (κ1) is 19.6. The average Bonchev–Trinajstić information content (AvgIpc) is 2.70. The minimum Gasteiger partial charge on any atom is -0.357 e. The van der Waals surface area contributed by atoms with Gasteiger partial charge < -0.3 is 15.5 Å². The van der Waals surface area contributed by atoms with Crippen molar-refractivity contribution in [3.05, 3.63) is 42.2 Å². The lowest BCUT2D eigenvalue weighted by atomic mass is 9.99. The molecule has 2 aromatic rings. The summed E-state index contributed by atoms with van der Waals surface area (Å²) in [5, 5.41) is 9.21. The van der Waals surface area contributed by atoms with E-state index in [2.05, 4.69) is 58.6 Å². The van der Waals surface area contributed by atoms with Crippen LogP contribution in [0.25, 0.3) is 10.8 Å². The third-order valence-corrected chi connectivity index (χ3v) is 5.31. The highest BCUT2D eigenvalue weighted by molar-refractivity contribution is 5.85. The number of benzene rings is 1. The second-order valence-electron chi connectivity index (χ2n) is 7.48. The summed E-state index contributed by atoms with van der Waals surface area (Å²) in [5.41, 5.74) is 1.02. The Morgan fingerprint density at radius 2 is 2.00 bits per heavy atom. The molecule has 0 bridgehead atoms. The fourth-order valence-corrected chi connectivity index (χ4v) is 3.60. The Hall–Kier alpha value is -2.14. The maximum Gasteiger partial charge on any atom is 0.191 e. The SMILES string of the molecule is CCNC(=NCc1nccc2ccccc12)NCCCN1CCC(C)CC1. The Morgan fingerprint density at radius 3 is 2.81 bits per heavy atom. The third-order valence-electron chi connectivity index (χ3n) is 5.31. The van der Waals surface area contributed by atoms with E-state index < -0.39 is 0 Å². The van der Waals surface area contributed by atoms with Crippen molar-refractivity contribution >= 4 is 16.7 Å². The molecule has 0 radical (unpaired) electrons. The van der Waals surface area contributed by atoms with Crippen LogP contribution >= 0.6 is 0 Å². The molecule has 1 aromatic carbocycles. The number of aliphatic imine (C=N–C) groups is 1. The van der Waals surface area contributed by atoms with Crippen molar-refractivity contribution < 1.29 is 0 Å². The van der Waals surface area contributed by atoms with Crippen LogP contribution in [0, 0.1) is 5.92 Å². The fourth-order valence-electron chi connectivity index (χ4n) is 3.60. The van der Waals surface area contributed by atoms with Gasteiger partial charge in [0.15, 0.2) is 5.96 Å². The normalized spacial score (nSPS) is 16.6. The molecule has 2 N–H and O–H groups in total. The Kier molecular flexibility index (Phi) is 7.45. The molecule has 5 nitrogen and oxygen atoms in total. The van der Waals surface area contributed by atoms with Crippen molar-refractivity contribution in [2.45, 2.75) is 39.7 Å². The van der Waals surface area contributed by atoms with Crippen LogP contribution in [0.5, 0.6) is 0 Å². The molecule has 1 fully saturated rings. The van der Waals surface area contributed by atoms with Crippen LogP contribution in [0.2, 0.25) is 0 Å². The van der Waals surface area contributed by atoms with Gasteiger partial charge in [0.05, 0.1) is 12.2 Å². The number of pyridine rings is 1. The lowest BCUT2D eigenvalue weighted by molar-refractivity contribution is 0.191. The standard InChI is InChI=1S/C22H33N5/c1-3-23-22(25-12-6-14-27-15-10-18(2)11-16-27)26-17-21-20-8-5-4-7-19(20)9-13-24-21/h4-5,7-9,13,18H,3,6,10-12,14-17H2,1-2H3,(H2,23,25,26). The molecule has 0 spiro atoms. The van der Waals surface area contributed by atoms with E-state index in [0.717, 1.165) is 37.1 Å². The second kappa shape index (κ2) is 10.3. The van der Waals surface area contributed by atoms with E-state index in [1.807, 2.05) is 12.3 Å². The molecule has 1 aliphatic rings. The number of guanidine groups is 1. The molecular weight excluding hydrogens is 334 g/mol. The lowest BCUT2D eigenvalue weighted by Gasteiger charge is -2.30. The van der Waals surface area contributed by atoms with Crippen molar-refractivity contribution in [2.24, 2.45) is 10.9 Å².